The number of hydrogen-bond acceptors (Lipinski definition) is 12. The lowest BCUT2D eigenvalue weighted by Crippen LogP contribution is -2.60. The molecule has 1 amide bonds. The van der Waals surface area contributed by atoms with Gasteiger partial charge in [0, 0.05) is 41.9 Å². The number of aliphatic hydroxyl groups excluding tert-OH is 1. The second-order valence-electron chi connectivity index (χ2n) is 16.6. The van der Waals surface area contributed by atoms with Gasteiger partial charge in [-0.2, -0.15) is 0 Å². The summed E-state index contributed by atoms with van der Waals surface area (Å²) in [6, 6.07) is 8.64. The molecule has 1 aromatic carbocycles. The third-order valence-electron chi connectivity index (χ3n) is 12.2. The molecule has 3 saturated heterocycles. The number of aliphatic hydroxyl groups is 1. The fraction of sp³-hybridized carbons (Fsp3) is 0.614. The van der Waals surface area contributed by atoms with Gasteiger partial charge in [0.15, 0.2) is 17.7 Å². The minimum Gasteiger partial charge on any atom is -0.458 e. The van der Waals surface area contributed by atoms with Crippen LogP contribution in [0, 0.1) is 23.7 Å². The Kier molecular flexibility index (Phi) is 14.1. The fourth-order valence-corrected chi connectivity index (χ4v) is 8.99. The Bertz CT molecular complexity index is 1820. The number of ketones is 2. The Hall–Kier alpha value is -4.01. The Morgan fingerprint density at radius 3 is 2.49 bits per heavy atom. The van der Waals surface area contributed by atoms with Crippen LogP contribution in [0.4, 0.5) is 4.79 Å². The summed E-state index contributed by atoms with van der Waals surface area (Å²) in [5, 5.41) is 15.5. The summed E-state index contributed by atoms with van der Waals surface area (Å²) in [6.45, 7) is 18.2. The quantitative estimate of drug-likeness (QED) is 0.173. The monoisotopic (exact) mass is 791 g/mol. The Morgan fingerprint density at radius 1 is 1.07 bits per heavy atom. The standard InChI is InChI=1S/C44H61N3O10/c1-11-19-47(10)33-21-26(4)54-41(37(33)50)56-39-28(6)36(49)29(7)40(51)55-34(12-2)44(9)38(46-42(52)57-44)27(5)35(48)25(3)23-43(39,8)53-20-15-16-30-22-31-17-13-14-18-32(31)45-24-30/h11,13-18,22,24-29,33-34,37-39,41,50H,1,12,19-21,23H2,2-10H3,(H,46,52)/b16-15+/t25-,26-,27+,28+,29-,33+,34-,37-,38-,39-,41?,43+,44-/m1/s1. The second kappa shape index (κ2) is 18.3. The SMILES string of the molecule is C=CCN(C)[C@H]1C[C@@H](C)OC(O[C@@H]2[C@@H](C)C(=O)[C@@H](C)C(=O)O[C@H](CC)[C@@]3(C)OC(=O)N[C@@H]3[C@@H](C)C(=O)[C@H](C)C[C@]2(C)OC/C=C/c2cnc3ccccc3c2)[C@@H]1O. The molecule has 0 radical (unpaired) electrons. The number of likely N-dealkylation sites (N-methyl/N-ethyl adjacent to an activating group) is 1. The van der Waals surface area contributed by atoms with E-state index in [0.29, 0.717) is 13.0 Å². The molecule has 5 rings (SSSR count). The van der Waals surface area contributed by atoms with Gasteiger partial charge in [0.05, 0.1) is 36.0 Å². The van der Waals surface area contributed by atoms with Crippen LogP contribution in [0.5, 0.6) is 0 Å². The van der Waals surface area contributed by atoms with Crippen molar-refractivity contribution in [1.82, 2.24) is 15.2 Å². The number of alkyl carbamates (subject to hydrolysis) is 1. The van der Waals surface area contributed by atoms with Crippen molar-refractivity contribution in [1.29, 1.82) is 0 Å². The average molecular weight is 792 g/mol. The van der Waals surface area contributed by atoms with Crippen molar-refractivity contribution >= 4 is 40.6 Å². The van der Waals surface area contributed by atoms with Crippen LogP contribution in [0.3, 0.4) is 0 Å². The van der Waals surface area contributed by atoms with E-state index in [-0.39, 0.29) is 37.4 Å². The van der Waals surface area contributed by atoms with Gasteiger partial charge in [-0.05, 0) is 71.7 Å². The van der Waals surface area contributed by atoms with Crippen LogP contribution in [-0.4, -0.2) is 113 Å². The van der Waals surface area contributed by atoms with E-state index in [1.807, 2.05) is 61.4 Å². The maximum absolute atomic E-state index is 14.5. The molecule has 3 aliphatic rings. The number of benzene rings is 1. The summed E-state index contributed by atoms with van der Waals surface area (Å²) < 4.78 is 31.5. The van der Waals surface area contributed by atoms with E-state index in [1.165, 1.54) is 6.92 Å². The topological polar surface area (TPSA) is 163 Å². The highest BCUT2D eigenvalue weighted by atomic mass is 16.7. The summed E-state index contributed by atoms with van der Waals surface area (Å²) in [4.78, 5) is 62.1. The highest BCUT2D eigenvalue weighted by Crippen LogP contribution is 2.40. The number of ether oxygens (including phenoxy) is 5. The van der Waals surface area contributed by atoms with Crippen molar-refractivity contribution in [3.05, 3.63) is 60.8 Å². The van der Waals surface area contributed by atoms with Crippen LogP contribution in [0.2, 0.25) is 0 Å². The van der Waals surface area contributed by atoms with Gasteiger partial charge in [0.25, 0.3) is 0 Å². The molecule has 13 heteroatoms. The molecule has 2 aromatic rings. The van der Waals surface area contributed by atoms with Gasteiger partial charge < -0.3 is 34.1 Å². The molecule has 3 fully saturated rings. The number of fused-ring (bicyclic) bond motifs is 2. The number of nitrogens with one attached hydrogen (secondary N) is 1. The van der Waals surface area contributed by atoms with E-state index in [9.17, 15) is 24.3 Å². The fourth-order valence-electron chi connectivity index (χ4n) is 8.99. The van der Waals surface area contributed by atoms with E-state index < -0.39 is 83.4 Å². The molecule has 0 spiro atoms. The predicted octanol–water partition coefficient (Wildman–Crippen LogP) is 5.67. The summed E-state index contributed by atoms with van der Waals surface area (Å²) in [5.41, 5.74) is -1.04. The number of esters is 1. The molecule has 13 atom stereocenters. The lowest BCUT2D eigenvalue weighted by Gasteiger charge is -2.47. The Morgan fingerprint density at radius 2 is 1.79 bits per heavy atom. The zero-order valence-corrected chi connectivity index (χ0v) is 34.8. The van der Waals surface area contributed by atoms with Crippen LogP contribution in [0.15, 0.2) is 55.3 Å². The third-order valence-corrected chi connectivity index (χ3v) is 12.2. The number of Topliss-reactive ketones (excluding diaryl/α,β-unsaturated/α-hetero) is 2. The first kappa shape index (κ1) is 44.1. The molecular formula is C44H61N3O10. The normalized spacial score (nSPS) is 37.1. The van der Waals surface area contributed by atoms with E-state index in [2.05, 4.69) is 16.9 Å². The first-order valence-corrected chi connectivity index (χ1v) is 20.2. The van der Waals surface area contributed by atoms with Crippen LogP contribution < -0.4 is 5.32 Å². The van der Waals surface area contributed by atoms with Gasteiger partial charge in [-0.3, -0.25) is 24.3 Å². The molecule has 312 valence electrons. The van der Waals surface area contributed by atoms with Crippen LogP contribution >= 0.6 is 0 Å². The first-order valence-electron chi connectivity index (χ1n) is 20.2. The predicted molar refractivity (Wildman–Crippen MR) is 215 cm³/mol. The van der Waals surface area contributed by atoms with Gasteiger partial charge in [-0.25, -0.2) is 4.79 Å². The number of amides is 1. The minimum absolute atomic E-state index is 0.0517. The largest absolute Gasteiger partial charge is 0.458 e. The van der Waals surface area contributed by atoms with Gasteiger partial charge in [-0.15, -0.1) is 6.58 Å². The Labute approximate surface area is 336 Å². The average Bonchev–Trinajstić information content (AvgIpc) is 3.50. The molecule has 2 N–H and O–H groups in total. The molecule has 0 saturated carbocycles. The van der Waals surface area contributed by atoms with Crippen molar-refractivity contribution in [3.63, 3.8) is 0 Å². The van der Waals surface area contributed by atoms with E-state index >= 15 is 0 Å². The van der Waals surface area contributed by atoms with Gasteiger partial charge in [0.2, 0.25) is 0 Å². The van der Waals surface area contributed by atoms with E-state index in [0.717, 1.165) is 16.5 Å². The summed E-state index contributed by atoms with van der Waals surface area (Å²) in [7, 11) is 1.89. The van der Waals surface area contributed by atoms with Crippen molar-refractivity contribution in [2.45, 2.75) is 129 Å². The van der Waals surface area contributed by atoms with Crippen molar-refractivity contribution in [3.8, 4) is 0 Å². The zero-order valence-electron chi connectivity index (χ0n) is 34.8. The molecule has 1 aromatic heterocycles. The first-order chi connectivity index (χ1) is 26.9. The number of aromatic nitrogens is 1. The number of para-hydroxylation sites is 1. The molecule has 4 heterocycles. The number of nitrogens with zero attached hydrogens (tertiary/aromatic N) is 2. The van der Waals surface area contributed by atoms with Crippen LogP contribution in [0.25, 0.3) is 17.0 Å². The molecule has 57 heavy (non-hydrogen) atoms. The van der Waals surface area contributed by atoms with Gasteiger partial charge in [0.1, 0.15) is 23.9 Å². The summed E-state index contributed by atoms with van der Waals surface area (Å²) in [6.07, 6.45) is 2.68. The zero-order chi connectivity index (χ0) is 41.8. The number of cyclic esters (lactones) is 1. The molecule has 3 aliphatic heterocycles. The van der Waals surface area contributed by atoms with Crippen molar-refractivity contribution in [2.75, 3.05) is 20.2 Å². The lowest BCUT2D eigenvalue weighted by molar-refractivity contribution is -0.297. The molecule has 0 bridgehead atoms. The van der Waals surface area contributed by atoms with Crippen molar-refractivity contribution < 1.29 is 48.0 Å². The number of carbonyl (C=O) groups is 4. The second-order valence-corrected chi connectivity index (χ2v) is 16.6. The number of rotatable bonds is 10. The van der Waals surface area contributed by atoms with Crippen LogP contribution in [-0.2, 0) is 38.1 Å². The molecule has 13 nitrogen and oxygen atoms in total. The van der Waals surface area contributed by atoms with Crippen molar-refractivity contribution in [2.24, 2.45) is 23.7 Å². The van der Waals surface area contributed by atoms with Crippen LogP contribution in [0.1, 0.15) is 80.2 Å². The minimum atomic E-state index is -1.39. The van der Waals surface area contributed by atoms with E-state index in [4.69, 9.17) is 23.7 Å². The van der Waals surface area contributed by atoms with Gasteiger partial charge in [-0.1, -0.05) is 64.1 Å². The highest BCUT2D eigenvalue weighted by molar-refractivity contribution is 6.00. The maximum atomic E-state index is 14.5. The summed E-state index contributed by atoms with van der Waals surface area (Å²) in [5.74, 6) is -5.19. The number of carbonyl (C=O) groups excluding carboxylic acids is 4. The number of pyridine rings is 1. The Balaban J connectivity index is 1.56. The molecular weight excluding hydrogens is 730 g/mol. The van der Waals surface area contributed by atoms with E-state index in [1.54, 1.807) is 53.8 Å². The lowest BCUT2D eigenvalue weighted by atomic mass is 9.73. The summed E-state index contributed by atoms with van der Waals surface area (Å²) >= 11 is 0. The smallest absolute Gasteiger partial charge is 0.408 e. The third kappa shape index (κ3) is 9.49. The molecule has 0 aliphatic carbocycles. The highest BCUT2D eigenvalue weighted by Gasteiger charge is 2.57. The van der Waals surface area contributed by atoms with Gasteiger partial charge >= 0.3 is 12.1 Å². The maximum Gasteiger partial charge on any atom is 0.408 e. The number of hydrogen-bond donors (Lipinski definition) is 2. The molecule has 1 unspecified atom stereocenters.